The fourth-order valence-corrected chi connectivity index (χ4v) is 3.06. The predicted octanol–water partition coefficient (Wildman–Crippen LogP) is 2.57. The summed E-state index contributed by atoms with van der Waals surface area (Å²) in [6.45, 7) is 0.158. The Kier molecular flexibility index (Phi) is 5.06. The van der Waals surface area contributed by atoms with Gasteiger partial charge in [-0.15, -0.1) is 0 Å². The van der Waals surface area contributed by atoms with Crippen LogP contribution in [0.5, 0.6) is 0 Å². The lowest BCUT2D eigenvalue weighted by molar-refractivity contribution is 0.586. The summed E-state index contributed by atoms with van der Waals surface area (Å²) in [4.78, 5) is 4.07. The normalized spacial score (nSPS) is 11.9. The van der Waals surface area contributed by atoms with Gasteiger partial charge in [-0.1, -0.05) is 30.3 Å². The third-order valence-electron chi connectivity index (χ3n) is 3.63. The van der Waals surface area contributed by atoms with E-state index in [1.807, 2.05) is 48.5 Å². The first kappa shape index (κ1) is 17.1. The topological polar surface area (TPSA) is 76.9 Å². The van der Waals surface area contributed by atoms with Crippen molar-refractivity contribution >= 4 is 16.1 Å². The van der Waals surface area contributed by atoms with Crippen molar-refractivity contribution in [3.8, 4) is 11.3 Å². The number of nitrogens with one attached hydrogen (secondary N) is 1. The molecular formula is C18H18N4O2S. The van der Waals surface area contributed by atoms with Gasteiger partial charge in [0.25, 0.3) is 0 Å². The monoisotopic (exact) mass is 354 g/mol. The lowest BCUT2D eigenvalue weighted by atomic mass is 10.2. The minimum Gasteiger partial charge on any atom is -0.271 e. The van der Waals surface area contributed by atoms with E-state index in [0.29, 0.717) is 0 Å². The van der Waals surface area contributed by atoms with Crippen molar-refractivity contribution in [3.63, 3.8) is 0 Å². The highest BCUT2D eigenvalue weighted by molar-refractivity contribution is 7.92. The number of aryl methyl sites for hydroxylation is 1. The molecule has 0 fully saturated rings. The van der Waals surface area contributed by atoms with Gasteiger partial charge in [-0.3, -0.25) is 9.67 Å². The molecular weight excluding hydrogens is 336 g/mol. The van der Waals surface area contributed by atoms with Crippen molar-refractivity contribution < 1.29 is 8.42 Å². The van der Waals surface area contributed by atoms with Crippen LogP contribution in [0.3, 0.4) is 0 Å². The Bertz CT molecular complexity index is 965. The summed E-state index contributed by atoms with van der Waals surface area (Å²) in [6, 6.07) is 14.9. The molecule has 2 aromatic heterocycles. The van der Waals surface area contributed by atoms with Crippen LogP contribution in [0.2, 0.25) is 0 Å². The number of nitrogens with zero attached hydrogens (tertiary/aromatic N) is 3. The number of rotatable bonds is 6. The molecule has 0 aliphatic rings. The standard InChI is InChI=1S/C18H18N4O2S/c1-22-17(12-18(21-22)16-8-5-10-19-13-16)14-20-25(23,24)11-9-15-6-3-2-4-7-15/h2-13,20H,14H2,1H3/b11-9+. The average Bonchev–Trinajstić information content (AvgIpc) is 3.01. The number of aromatic nitrogens is 3. The zero-order chi connectivity index (χ0) is 17.7. The second kappa shape index (κ2) is 7.42. The van der Waals surface area contributed by atoms with Gasteiger partial charge in [-0.05, 0) is 29.8 Å². The molecule has 128 valence electrons. The van der Waals surface area contributed by atoms with E-state index in [1.54, 1.807) is 30.2 Å². The molecule has 0 saturated heterocycles. The number of benzene rings is 1. The molecule has 25 heavy (non-hydrogen) atoms. The molecule has 0 unspecified atom stereocenters. The summed E-state index contributed by atoms with van der Waals surface area (Å²) in [7, 11) is -1.75. The summed E-state index contributed by atoms with van der Waals surface area (Å²) < 4.78 is 28.5. The molecule has 0 bridgehead atoms. The maximum absolute atomic E-state index is 12.1. The van der Waals surface area contributed by atoms with E-state index in [9.17, 15) is 8.42 Å². The van der Waals surface area contributed by atoms with Crippen LogP contribution in [0.25, 0.3) is 17.3 Å². The highest BCUT2D eigenvalue weighted by Gasteiger charge is 2.10. The van der Waals surface area contributed by atoms with E-state index in [4.69, 9.17) is 0 Å². The van der Waals surface area contributed by atoms with E-state index in [1.165, 1.54) is 5.41 Å². The Morgan fingerprint density at radius 2 is 1.96 bits per heavy atom. The summed E-state index contributed by atoms with van der Waals surface area (Å²) in [5, 5.41) is 5.57. The minimum absolute atomic E-state index is 0.158. The Balaban J connectivity index is 1.69. The zero-order valence-corrected chi connectivity index (χ0v) is 14.5. The van der Waals surface area contributed by atoms with Crippen molar-refractivity contribution in [2.45, 2.75) is 6.54 Å². The molecule has 0 aliphatic carbocycles. The summed E-state index contributed by atoms with van der Waals surface area (Å²) in [5.41, 5.74) is 3.23. The molecule has 0 atom stereocenters. The lowest BCUT2D eigenvalue weighted by Gasteiger charge is -2.03. The summed E-state index contributed by atoms with van der Waals surface area (Å²) in [5.74, 6) is 0. The molecule has 6 nitrogen and oxygen atoms in total. The predicted molar refractivity (Wildman–Crippen MR) is 97.7 cm³/mol. The van der Waals surface area contributed by atoms with E-state index >= 15 is 0 Å². The lowest BCUT2D eigenvalue weighted by Crippen LogP contribution is -2.22. The fraction of sp³-hybridized carbons (Fsp3) is 0.111. The van der Waals surface area contributed by atoms with Crippen molar-refractivity contribution in [1.82, 2.24) is 19.5 Å². The molecule has 0 spiro atoms. The maximum Gasteiger partial charge on any atom is 0.234 e. The molecule has 0 saturated carbocycles. The van der Waals surface area contributed by atoms with Gasteiger partial charge in [0.15, 0.2) is 0 Å². The SMILES string of the molecule is Cn1nc(-c2cccnc2)cc1CNS(=O)(=O)/C=C/c1ccccc1. The van der Waals surface area contributed by atoms with Gasteiger partial charge in [-0.2, -0.15) is 5.10 Å². The second-order valence-electron chi connectivity index (χ2n) is 5.47. The van der Waals surface area contributed by atoms with Crippen LogP contribution in [0.4, 0.5) is 0 Å². The summed E-state index contributed by atoms with van der Waals surface area (Å²) >= 11 is 0. The van der Waals surface area contributed by atoms with E-state index in [2.05, 4.69) is 14.8 Å². The Hall–Kier alpha value is -2.77. The first-order valence-corrected chi connectivity index (χ1v) is 9.24. The highest BCUT2D eigenvalue weighted by Crippen LogP contribution is 2.17. The minimum atomic E-state index is -3.53. The third kappa shape index (κ3) is 4.62. The van der Waals surface area contributed by atoms with Gasteiger partial charge in [0, 0.05) is 30.4 Å². The zero-order valence-electron chi connectivity index (χ0n) is 13.7. The quantitative estimate of drug-likeness (QED) is 0.738. The Morgan fingerprint density at radius 3 is 2.68 bits per heavy atom. The Morgan fingerprint density at radius 1 is 1.16 bits per heavy atom. The molecule has 0 radical (unpaired) electrons. The molecule has 7 heteroatoms. The van der Waals surface area contributed by atoms with Crippen LogP contribution in [0.1, 0.15) is 11.3 Å². The molecule has 3 rings (SSSR count). The number of hydrogen-bond donors (Lipinski definition) is 1. The van der Waals surface area contributed by atoms with E-state index < -0.39 is 10.0 Å². The van der Waals surface area contributed by atoms with Gasteiger partial charge in [-0.25, -0.2) is 13.1 Å². The molecule has 1 aromatic carbocycles. The second-order valence-corrected chi connectivity index (χ2v) is 7.12. The van der Waals surface area contributed by atoms with E-state index in [0.717, 1.165) is 22.5 Å². The molecule has 3 aromatic rings. The maximum atomic E-state index is 12.1. The van der Waals surface area contributed by atoms with Crippen molar-refractivity contribution in [2.75, 3.05) is 0 Å². The van der Waals surface area contributed by atoms with E-state index in [-0.39, 0.29) is 6.54 Å². The van der Waals surface area contributed by atoms with Gasteiger partial charge >= 0.3 is 0 Å². The van der Waals surface area contributed by atoms with Crippen LogP contribution < -0.4 is 4.72 Å². The summed E-state index contributed by atoms with van der Waals surface area (Å²) in [6.07, 6.45) is 4.98. The Labute approximate surface area is 146 Å². The van der Waals surface area contributed by atoms with Gasteiger partial charge in [0.1, 0.15) is 0 Å². The van der Waals surface area contributed by atoms with Crippen LogP contribution in [0.15, 0.2) is 66.3 Å². The molecule has 0 amide bonds. The van der Waals surface area contributed by atoms with Crippen LogP contribution >= 0.6 is 0 Å². The van der Waals surface area contributed by atoms with Crippen molar-refractivity contribution in [2.24, 2.45) is 7.05 Å². The van der Waals surface area contributed by atoms with Gasteiger partial charge in [0.2, 0.25) is 10.0 Å². The molecule has 1 N–H and O–H groups in total. The first-order valence-electron chi connectivity index (χ1n) is 7.70. The van der Waals surface area contributed by atoms with Crippen molar-refractivity contribution in [1.29, 1.82) is 0 Å². The van der Waals surface area contributed by atoms with Crippen LogP contribution in [-0.2, 0) is 23.6 Å². The van der Waals surface area contributed by atoms with Crippen LogP contribution in [-0.4, -0.2) is 23.2 Å². The number of hydrogen-bond acceptors (Lipinski definition) is 4. The smallest absolute Gasteiger partial charge is 0.234 e. The van der Waals surface area contributed by atoms with Crippen LogP contribution in [0, 0.1) is 0 Å². The average molecular weight is 354 g/mol. The number of sulfonamides is 1. The van der Waals surface area contributed by atoms with Gasteiger partial charge in [0.05, 0.1) is 17.9 Å². The first-order chi connectivity index (χ1) is 12.0. The fourth-order valence-electron chi connectivity index (χ4n) is 2.28. The highest BCUT2D eigenvalue weighted by atomic mass is 32.2. The molecule has 0 aliphatic heterocycles. The largest absolute Gasteiger partial charge is 0.271 e. The van der Waals surface area contributed by atoms with Crippen molar-refractivity contribution in [3.05, 3.63) is 77.6 Å². The third-order valence-corrected chi connectivity index (χ3v) is 4.67. The molecule has 2 heterocycles. The van der Waals surface area contributed by atoms with Gasteiger partial charge < -0.3 is 0 Å². The number of pyridine rings is 1.